The van der Waals surface area contributed by atoms with Crippen LogP contribution in [-0.4, -0.2) is 5.78 Å². The van der Waals surface area contributed by atoms with Crippen LogP contribution in [0, 0.1) is 23.7 Å². The normalized spacial score (nSPS) is 51.2. The van der Waals surface area contributed by atoms with Crippen molar-refractivity contribution in [2.75, 3.05) is 0 Å². The molecule has 0 aliphatic heterocycles. The highest BCUT2D eigenvalue weighted by molar-refractivity contribution is 5.79. The SMILES string of the molecule is O=C1CCC2C3CCCC3C2C1. The molecule has 3 fully saturated rings. The topological polar surface area (TPSA) is 17.1 Å². The lowest BCUT2D eigenvalue weighted by Crippen LogP contribution is -2.47. The fraction of sp³-hybridized carbons (Fsp3) is 0.909. The van der Waals surface area contributed by atoms with Gasteiger partial charge in [-0.15, -0.1) is 0 Å². The van der Waals surface area contributed by atoms with Gasteiger partial charge in [0, 0.05) is 12.8 Å². The van der Waals surface area contributed by atoms with Crippen LogP contribution >= 0.6 is 0 Å². The summed E-state index contributed by atoms with van der Waals surface area (Å²) in [7, 11) is 0. The minimum Gasteiger partial charge on any atom is -0.300 e. The van der Waals surface area contributed by atoms with E-state index in [1.807, 2.05) is 0 Å². The van der Waals surface area contributed by atoms with E-state index in [2.05, 4.69) is 0 Å². The first-order chi connectivity index (χ1) is 5.86. The molecule has 66 valence electrons. The number of carbonyl (C=O) groups is 1. The van der Waals surface area contributed by atoms with E-state index in [-0.39, 0.29) is 0 Å². The zero-order chi connectivity index (χ0) is 8.13. The second-order valence-electron chi connectivity index (χ2n) is 4.87. The van der Waals surface area contributed by atoms with E-state index in [4.69, 9.17) is 0 Å². The van der Waals surface area contributed by atoms with Crippen LogP contribution < -0.4 is 0 Å². The number of hydrogen-bond acceptors (Lipinski definition) is 1. The van der Waals surface area contributed by atoms with Gasteiger partial charge in [0.1, 0.15) is 5.78 Å². The van der Waals surface area contributed by atoms with E-state index in [1.165, 1.54) is 25.7 Å². The van der Waals surface area contributed by atoms with Gasteiger partial charge in [-0.3, -0.25) is 4.79 Å². The van der Waals surface area contributed by atoms with Gasteiger partial charge < -0.3 is 0 Å². The zero-order valence-corrected chi connectivity index (χ0v) is 7.46. The van der Waals surface area contributed by atoms with Crippen molar-refractivity contribution in [2.45, 2.75) is 38.5 Å². The molecule has 0 spiro atoms. The number of carbonyl (C=O) groups excluding carboxylic acids is 1. The predicted octanol–water partition coefficient (Wildman–Crippen LogP) is 2.40. The first kappa shape index (κ1) is 7.11. The minimum atomic E-state index is 0.543. The average Bonchev–Trinajstić information content (AvgIpc) is 2.46. The summed E-state index contributed by atoms with van der Waals surface area (Å²) in [6, 6.07) is 0. The number of ketones is 1. The molecule has 3 rings (SSSR count). The fourth-order valence-corrected chi connectivity index (χ4v) is 3.99. The molecule has 0 radical (unpaired) electrons. The zero-order valence-electron chi connectivity index (χ0n) is 7.46. The van der Waals surface area contributed by atoms with Gasteiger partial charge in [-0.05, 0) is 42.9 Å². The third kappa shape index (κ3) is 0.773. The fourth-order valence-electron chi connectivity index (χ4n) is 3.99. The Bertz CT molecular complexity index is 221. The molecule has 1 nitrogen and oxygen atoms in total. The predicted molar refractivity (Wildman–Crippen MR) is 46.7 cm³/mol. The van der Waals surface area contributed by atoms with Gasteiger partial charge in [0.25, 0.3) is 0 Å². The van der Waals surface area contributed by atoms with E-state index >= 15 is 0 Å². The molecule has 3 saturated carbocycles. The van der Waals surface area contributed by atoms with E-state index in [1.54, 1.807) is 0 Å². The molecule has 0 aromatic heterocycles. The van der Waals surface area contributed by atoms with Crippen molar-refractivity contribution in [1.29, 1.82) is 0 Å². The van der Waals surface area contributed by atoms with Crippen LogP contribution in [0.4, 0.5) is 0 Å². The maximum absolute atomic E-state index is 11.2. The Kier molecular flexibility index (Phi) is 1.38. The quantitative estimate of drug-likeness (QED) is 0.537. The molecule has 4 unspecified atom stereocenters. The van der Waals surface area contributed by atoms with Crippen molar-refractivity contribution in [3.8, 4) is 0 Å². The van der Waals surface area contributed by atoms with Gasteiger partial charge in [0.15, 0.2) is 0 Å². The average molecular weight is 164 g/mol. The molecule has 12 heavy (non-hydrogen) atoms. The third-order valence-corrected chi connectivity index (χ3v) is 4.49. The summed E-state index contributed by atoms with van der Waals surface area (Å²) < 4.78 is 0. The molecular formula is C11H16O. The van der Waals surface area contributed by atoms with Gasteiger partial charge in [-0.2, -0.15) is 0 Å². The van der Waals surface area contributed by atoms with Crippen molar-refractivity contribution in [3.05, 3.63) is 0 Å². The van der Waals surface area contributed by atoms with Gasteiger partial charge >= 0.3 is 0 Å². The first-order valence-corrected chi connectivity index (χ1v) is 5.38. The molecule has 3 aliphatic rings. The standard InChI is InChI=1S/C11H16O/c12-7-4-5-10-8-2-1-3-9(8)11(10)6-7/h8-11H,1-6H2. The van der Waals surface area contributed by atoms with E-state index in [0.29, 0.717) is 5.78 Å². The molecule has 3 aliphatic carbocycles. The lowest BCUT2D eigenvalue weighted by molar-refractivity contribution is -0.130. The molecule has 0 bridgehead atoms. The van der Waals surface area contributed by atoms with E-state index in [0.717, 1.165) is 36.5 Å². The van der Waals surface area contributed by atoms with Crippen molar-refractivity contribution < 1.29 is 4.79 Å². The summed E-state index contributed by atoms with van der Waals surface area (Å²) in [5, 5.41) is 0. The maximum Gasteiger partial charge on any atom is 0.133 e. The van der Waals surface area contributed by atoms with Crippen molar-refractivity contribution in [3.63, 3.8) is 0 Å². The number of rotatable bonds is 0. The van der Waals surface area contributed by atoms with Crippen molar-refractivity contribution in [2.24, 2.45) is 23.7 Å². The third-order valence-electron chi connectivity index (χ3n) is 4.49. The molecule has 0 aromatic carbocycles. The monoisotopic (exact) mass is 164 g/mol. The van der Waals surface area contributed by atoms with Crippen LogP contribution in [0.2, 0.25) is 0 Å². The first-order valence-electron chi connectivity index (χ1n) is 5.38. The maximum atomic E-state index is 11.2. The largest absolute Gasteiger partial charge is 0.300 e. The van der Waals surface area contributed by atoms with Crippen LogP contribution in [0.5, 0.6) is 0 Å². The van der Waals surface area contributed by atoms with Crippen molar-refractivity contribution >= 4 is 5.78 Å². The molecule has 4 atom stereocenters. The Morgan fingerprint density at radius 3 is 2.42 bits per heavy atom. The van der Waals surface area contributed by atoms with Crippen LogP contribution in [0.25, 0.3) is 0 Å². The van der Waals surface area contributed by atoms with Crippen LogP contribution in [0.3, 0.4) is 0 Å². The Balaban J connectivity index is 1.78. The number of hydrogen-bond donors (Lipinski definition) is 0. The second-order valence-corrected chi connectivity index (χ2v) is 4.87. The smallest absolute Gasteiger partial charge is 0.133 e. The summed E-state index contributed by atoms with van der Waals surface area (Å²) in [4.78, 5) is 11.2. The van der Waals surface area contributed by atoms with Gasteiger partial charge in [-0.1, -0.05) is 6.42 Å². The summed E-state index contributed by atoms with van der Waals surface area (Å²) >= 11 is 0. The van der Waals surface area contributed by atoms with Crippen LogP contribution in [0.1, 0.15) is 38.5 Å². The van der Waals surface area contributed by atoms with Crippen LogP contribution in [0.15, 0.2) is 0 Å². The lowest BCUT2D eigenvalue weighted by Gasteiger charge is -2.51. The molecule has 0 N–H and O–H groups in total. The Morgan fingerprint density at radius 1 is 0.917 bits per heavy atom. The Morgan fingerprint density at radius 2 is 1.58 bits per heavy atom. The summed E-state index contributed by atoms with van der Waals surface area (Å²) in [6.07, 6.45) is 7.40. The van der Waals surface area contributed by atoms with Crippen LogP contribution in [-0.2, 0) is 4.79 Å². The highest BCUT2D eigenvalue weighted by Crippen LogP contribution is 2.59. The highest BCUT2D eigenvalue weighted by atomic mass is 16.1. The lowest BCUT2D eigenvalue weighted by atomic mass is 9.53. The summed E-state index contributed by atoms with van der Waals surface area (Å²) in [5.41, 5.74) is 0. The molecule has 0 saturated heterocycles. The number of Topliss-reactive ketones (excluding diaryl/α,β-unsaturated/α-hetero) is 1. The van der Waals surface area contributed by atoms with Crippen molar-refractivity contribution in [1.82, 2.24) is 0 Å². The second kappa shape index (κ2) is 2.34. The van der Waals surface area contributed by atoms with E-state index < -0.39 is 0 Å². The van der Waals surface area contributed by atoms with Gasteiger partial charge in [0.2, 0.25) is 0 Å². The number of fused-ring (bicyclic) bond motifs is 4. The molecule has 0 heterocycles. The van der Waals surface area contributed by atoms with E-state index in [9.17, 15) is 4.79 Å². The Labute approximate surface area is 73.5 Å². The molecule has 0 amide bonds. The molecule has 1 heteroatoms. The Hall–Kier alpha value is -0.330. The van der Waals surface area contributed by atoms with Gasteiger partial charge in [0.05, 0.1) is 0 Å². The molecule has 0 aromatic rings. The highest BCUT2D eigenvalue weighted by Gasteiger charge is 2.53. The summed E-state index contributed by atoms with van der Waals surface area (Å²) in [6.45, 7) is 0. The van der Waals surface area contributed by atoms with Gasteiger partial charge in [-0.25, -0.2) is 0 Å². The minimum absolute atomic E-state index is 0.543. The summed E-state index contributed by atoms with van der Waals surface area (Å²) in [5.74, 6) is 4.36. The molecular weight excluding hydrogens is 148 g/mol.